The summed E-state index contributed by atoms with van der Waals surface area (Å²) in [6.07, 6.45) is -1.39. The first-order chi connectivity index (χ1) is 18.7. The number of allylic oxidation sites excluding steroid dienone is 1. The van der Waals surface area contributed by atoms with E-state index in [4.69, 9.17) is 0 Å². The van der Waals surface area contributed by atoms with Crippen molar-refractivity contribution in [1.82, 2.24) is 0 Å². The molecule has 40 heavy (non-hydrogen) atoms. The molecule has 8 heteroatoms. The Balaban J connectivity index is 1.90. The van der Waals surface area contributed by atoms with Gasteiger partial charge in [0.2, 0.25) is 5.78 Å². The summed E-state index contributed by atoms with van der Waals surface area (Å²) in [6.45, 7) is 7.43. The number of hydrogen-bond donors (Lipinski definition) is 5. The molecule has 1 saturated carbocycles. The minimum absolute atomic E-state index is 0.00813. The van der Waals surface area contributed by atoms with Gasteiger partial charge in [0.1, 0.15) is 22.8 Å². The molecule has 210 valence electrons. The second kappa shape index (κ2) is 8.88. The fourth-order valence-electron chi connectivity index (χ4n) is 7.90. The molecule has 5 rings (SSSR count). The SMILES string of the molecule is CC(=O)C1=C(O)[C@]2(O)C(=O)C3=C(O)c4c(O)cccc4[C@@H](Cc4ccccc4)[C@]3(C)[C@@H](O)[C@]2(C)C(C(C)C)C1=O. The topological polar surface area (TPSA) is 152 Å². The van der Waals surface area contributed by atoms with Gasteiger partial charge >= 0.3 is 0 Å². The average molecular weight is 547 g/mol. The highest BCUT2D eigenvalue weighted by molar-refractivity contribution is 6.24. The number of ketones is 3. The van der Waals surface area contributed by atoms with Crippen molar-refractivity contribution in [3.63, 3.8) is 0 Å². The van der Waals surface area contributed by atoms with Crippen LogP contribution in [0.15, 0.2) is 65.4 Å². The van der Waals surface area contributed by atoms with Crippen molar-refractivity contribution in [3.05, 3.63) is 82.1 Å². The fourth-order valence-corrected chi connectivity index (χ4v) is 7.90. The quantitative estimate of drug-likeness (QED) is 0.362. The minimum Gasteiger partial charge on any atom is -0.508 e. The van der Waals surface area contributed by atoms with Gasteiger partial charge in [-0.3, -0.25) is 14.4 Å². The van der Waals surface area contributed by atoms with Crippen LogP contribution in [0, 0.1) is 22.7 Å². The number of Topliss-reactive ketones (excluding diaryl/α,β-unsaturated/α-hetero) is 3. The lowest BCUT2D eigenvalue weighted by molar-refractivity contribution is -0.216. The lowest BCUT2D eigenvalue weighted by Crippen LogP contribution is -2.75. The van der Waals surface area contributed by atoms with Crippen LogP contribution in [0.1, 0.15) is 57.2 Å². The highest BCUT2D eigenvalue weighted by atomic mass is 16.4. The van der Waals surface area contributed by atoms with Gasteiger partial charge in [-0.05, 0) is 36.5 Å². The number of rotatable bonds is 4. The molecule has 0 aliphatic heterocycles. The van der Waals surface area contributed by atoms with Gasteiger partial charge < -0.3 is 25.5 Å². The molecule has 2 aromatic rings. The lowest BCUT2D eigenvalue weighted by atomic mass is 9.40. The summed E-state index contributed by atoms with van der Waals surface area (Å²) in [5.74, 6) is -7.24. The van der Waals surface area contributed by atoms with E-state index in [2.05, 4.69) is 0 Å². The molecule has 6 atom stereocenters. The summed E-state index contributed by atoms with van der Waals surface area (Å²) in [5.41, 5.74) is -6.20. The van der Waals surface area contributed by atoms with Crippen LogP contribution in [-0.4, -0.2) is 54.6 Å². The molecule has 2 aromatic carbocycles. The summed E-state index contributed by atoms with van der Waals surface area (Å²) < 4.78 is 0. The van der Waals surface area contributed by atoms with Crippen LogP contribution in [0.4, 0.5) is 0 Å². The van der Waals surface area contributed by atoms with Crippen LogP contribution in [-0.2, 0) is 20.8 Å². The molecule has 5 N–H and O–H groups in total. The van der Waals surface area contributed by atoms with Crippen molar-refractivity contribution in [2.24, 2.45) is 22.7 Å². The number of carbonyl (C=O) groups excluding carboxylic acids is 3. The first-order valence-corrected chi connectivity index (χ1v) is 13.4. The maximum absolute atomic E-state index is 14.6. The molecule has 0 heterocycles. The van der Waals surface area contributed by atoms with E-state index in [1.54, 1.807) is 32.9 Å². The number of aliphatic hydroxyl groups excluding tert-OH is 3. The Kier molecular flexibility index (Phi) is 6.17. The largest absolute Gasteiger partial charge is 0.508 e. The van der Waals surface area contributed by atoms with E-state index >= 15 is 0 Å². The van der Waals surface area contributed by atoms with Crippen molar-refractivity contribution in [1.29, 1.82) is 0 Å². The van der Waals surface area contributed by atoms with Crippen LogP contribution < -0.4 is 0 Å². The van der Waals surface area contributed by atoms with E-state index in [0.717, 1.165) is 12.5 Å². The second-order valence-corrected chi connectivity index (χ2v) is 12.1. The first-order valence-electron chi connectivity index (χ1n) is 13.4. The smallest absolute Gasteiger partial charge is 0.203 e. The fraction of sp³-hybridized carbons (Fsp3) is 0.406. The van der Waals surface area contributed by atoms with Crippen molar-refractivity contribution in [2.45, 2.75) is 58.7 Å². The van der Waals surface area contributed by atoms with Gasteiger partial charge in [0.15, 0.2) is 17.2 Å². The van der Waals surface area contributed by atoms with Gasteiger partial charge in [0, 0.05) is 22.7 Å². The van der Waals surface area contributed by atoms with Crippen molar-refractivity contribution < 1.29 is 39.9 Å². The predicted molar refractivity (Wildman–Crippen MR) is 146 cm³/mol. The number of phenols is 1. The number of benzene rings is 2. The van der Waals surface area contributed by atoms with E-state index in [0.29, 0.717) is 5.56 Å². The summed E-state index contributed by atoms with van der Waals surface area (Å²) in [7, 11) is 0. The second-order valence-electron chi connectivity index (χ2n) is 12.1. The van der Waals surface area contributed by atoms with Gasteiger partial charge in [-0.25, -0.2) is 0 Å². The third kappa shape index (κ3) is 3.17. The zero-order valence-electron chi connectivity index (χ0n) is 23.1. The van der Waals surface area contributed by atoms with Crippen LogP contribution in [0.2, 0.25) is 0 Å². The molecule has 0 bridgehead atoms. The molecule has 3 aliphatic rings. The molecular formula is C32H34O8. The molecule has 0 radical (unpaired) electrons. The molecule has 1 unspecified atom stereocenters. The molecule has 0 aromatic heterocycles. The van der Waals surface area contributed by atoms with Gasteiger partial charge in [0.25, 0.3) is 0 Å². The van der Waals surface area contributed by atoms with Gasteiger partial charge in [-0.2, -0.15) is 0 Å². The molecule has 0 saturated heterocycles. The van der Waals surface area contributed by atoms with Gasteiger partial charge in [-0.15, -0.1) is 0 Å². The average Bonchev–Trinajstić information content (AvgIpc) is 2.88. The number of aliphatic hydroxyl groups is 4. The Labute approximate surface area is 232 Å². The molecule has 3 aliphatic carbocycles. The maximum Gasteiger partial charge on any atom is 0.203 e. The maximum atomic E-state index is 14.6. The van der Waals surface area contributed by atoms with E-state index < -0.39 is 74.7 Å². The molecule has 0 spiro atoms. The molecule has 8 nitrogen and oxygen atoms in total. The van der Waals surface area contributed by atoms with Crippen LogP contribution in [0.3, 0.4) is 0 Å². The van der Waals surface area contributed by atoms with E-state index in [-0.39, 0.29) is 23.3 Å². The van der Waals surface area contributed by atoms with Crippen LogP contribution in [0.5, 0.6) is 5.75 Å². The van der Waals surface area contributed by atoms with E-state index in [9.17, 15) is 39.9 Å². The Morgan fingerprint density at radius 2 is 1.60 bits per heavy atom. The van der Waals surface area contributed by atoms with Gasteiger partial charge in [-0.1, -0.05) is 70.2 Å². The Bertz CT molecular complexity index is 1520. The van der Waals surface area contributed by atoms with Crippen molar-refractivity contribution in [2.75, 3.05) is 0 Å². The number of phenolic OH excluding ortho intramolecular Hbond substituents is 1. The summed E-state index contributed by atoms with van der Waals surface area (Å²) in [6, 6.07) is 14.0. The zero-order chi connectivity index (χ0) is 29.5. The monoisotopic (exact) mass is 546 g/mol. The Hall–Kier alpha value is -3.75. The summed E-state index contributed by atoms with van der Waals surface area (Å²) in [5, 5.41) is 58.4. The van der Waals surface area contributed by atoms with E-state index in [1.165, 1.54) is 13.0 Å². The summed E-state index contributed by atoms with van der Waals surface area (Å²) >= 11 is 0. The van der Waals surface area contributed by atoms with Crippen molar-refractivity contribution in [3.8, 4) is 5.75 Å². The zero-order valence-corrected chi connectivity index (χ0v) is 23.1. The first kappa shape index (κ1) is 27.8. The van der Waals surface area contributed by atoms with E-state index in [1.807, 2.05) is 30.3 Å². The number of aromatic hydroxyl groups is 1. The minimum atomic E-state index is -2.90. The van der Waals surface area contributed by atoms with Crippen molar-refractivity contribution >= 4 is 23.1 Å². The lowest BCUT2D eigenvalue weighted by Gasteiger charge is -2.64. The van der Waals surface area contributed by atoms with Crippen LogP contribution in [0.25, 0.3) is 5.76 Å². The number of carbonyl (C=O) groups is 3. The van der Waals surface area contributed by atoms with Crippen LogP contribution >= 0.6 is 0 Å². The highest BCUT2D eigenvalue weighted by Gasteiger charge is 2.77. The molecule has 1 fully saturated rings. The Morgan fingerprint density at radius 3 is 2.17 bits per heavy atom. The third-order valence-corrected chi connectivity index (χ3v) is 9.71. The summed E-state index contributed by atoms with van der Waals surface area (Å²) in [4.78, 5) is 40.9. The molecular weight excluding hydrogens is 512 g/mol. The molecule has 0 amide bonds. The highest BCUT2D eigenvalue weighted by Crippen LogP contribution is 2.68. The predicted octanol–water partition coefficient (Wildman–Crippen LogP) is 3.94. The number of fused-ring (bicyclic) bond motifs is 3. The Morgan fingerprint density at radius 1 is 0.975 bits per heavy atom. The normalized spacial score (nSPS) is 33.5. The standard InChI is InChI=1S/C32H34O8/c1-15(2)23-25(35)21(16(3)33)27(37)32(40)28(38)24-26(36)22-18(12-9-13-20(22)34)19(14-17-10-7-6-8-11-17)30(24,4)29(39)31(23,32)5/h6-13,15,19,23,29,34,36-37,39-40H,14H2,1-5H3/t19-,23?,29-,30+,31+,32+/m1/s1. The number of hydrogen-bond acceptors (Lipinski definition) is 8. The van der Waals surface area contributed by atoms with Gasteiger partial charge in [0.05, 0.1) is 17.2 Å². The third-order valence-electron chi connectivity index (χ3n) is 9.71.